The number of benzene rings is 1. The van der Waals surface area contributed by atoms with Gasteiger partial charge in [0.2, 0.25) is 0 Å². The number of hydrogen-bond donors (Lipinski definition) is 0. The topological polar surface area (TPSA) is 0 Å². The highest BCUT2D eigenvalue weighted by atomic mass is 18.2. The predicted octanol–water partition coefficient (Wildman–Crippen LogP) is 2.63. The third-order valence-corrected chi connectivity index (χ3v) is 1.06. The van der Waals surface area contributed by atoms with Crippen LogP contribution in [0.25, 0.3) is 6.08 Å². The van der Waals surface area contributed by atoms with E-state index in [1.165, 1.54) is 6.08 Å². The second-order valence-electron chi connectivity index (χ2n) is 1.70. The van der Waals surface area contributed by atoms with E-state index in [2.05, 4.69) is 0 Å². The molecular weight excluding hydrogens is 114 g/mol. The van der Waals surface area contributed by atoms with E-state index in [0.29, 0.717) is 6.33 Å². The Hall–Kier alpha value is -1.11. The zero-order valence-corrected chi connectivity index (χ0v) is 4.92. The quantitative estimate of drug-likeness (QED) is 0.535. The van der Waals surface area contributed by atoms with Gasteiger partial charge in [-0.05, 0) is 11.6 Å². The van der Waals surface area contributed by atoms with Crippen molar-refractivity contribution < 1.29 is 4.39 Å². The highest BCUT2D eigenvalue weighted by Gasteiger charge is 1.78. The van der Waals surface area contributed by atoms with Crippen molar-refractivity contribution in [2.24, 2.45) is 0 Å². The fourth-order valence-corrected chi connectivity index (χ4v) is 0.637. The molecule has 0 bridgehead atoms. The van der Waals surface area contributed by atoms with Crippen LogP contribution in [0.1, 0.15) is 5.56 Å². The van der Waals surface area contributed by atoms with Crippen molar-refractivity contribution >= 4 is 6.08 Å². The first kappa shape index (κ1) is 6.02. The summed E-state index contributed by atoms with van der Waals surface area (Å²) in [4.78, 5) is 0. The molecule has 0 aliphatic rings. The lowest BCUT2D eigenvalue weighted by Gasteiger charge is -1.85. The smallest absolute Gasteiger partial charge is 0.0872 e. The van der Waals surface area contributed by atoms with Crippen LogP contribution in [0.15, 0.2) is 36.7 Å². The van der Waals surface area contributed by atoms with Crippen LogP contribution in [0.4, 0.5) is 4.39 Å². The van der Waals surface area contributed by atoms with E-state index in [1.807, 2.05) is 30.3 Å². The van der Waals surface area contributed by atoms with E-state index in [-0.39, 0.29) is 0 Å². The molecule has 9 heavy (non-hydrogen) atoms. The first-order valence-electron chi connectivity index (χ1n) is 2.75. The van der Waals surface area contributed by atoms with Gasteiger partial charge >= 0.3 is 0 Å². The van der Waals surface area contributed by atoms with Crippen molar-refractivity contribution in [1.29, 1.82) is 0 Å². The Labute approximate surface area is 53.6 Å². The third-order valence-electron chi connectivity index (χ3n) is 1.06. The Morgan fingerprint density at radius 3 is 2.33 bits per heavy atom. The van der Waals surface area contributed by atoms with Crippen molar-refractivity contribution in [2.75, 3.05) is 0 Å². The number of halogens is 1. The maximum absolute atomic E-state index is 11.5. The summed E-state index contributed by atoms with van der Waals surface area (Å²) in [6.07, 6.45) is 1.95. The van der Waals surface area contributed by atoms with Gasteiger partial charge in [0.1, 0.15) is 0 Å². The minimum atomic E-state index is 0.537. The molecule has 0 atom stereocenters. The van der Waals surface area contributed by atoms with Gasteiger partial charge in [0.25, 0.3) is 0 Å². The number of hydrogen-bond acceptors (Lipinski definition) is 0. The van der Waals surface area contributed by atoms with Gasteiger partial charge in [-0.1, -0.05) is 30.3 Å². The molecule has 1 heteroatoms. The third kappa shape index (κ3) is 1.68. The van der Waals surface area contributed by atoms with Crippen LogP contribution < -0.4 is 0 Å². The first-order chi connectivity index (χ1) is 4.43. The maximum Gasteiger partial charge on any atom is 0.0872 e. The van der Waals surface area contributed by atoms with Gasteiger partial charge in [-0.15, -0.1) is 0 Å². The standard InChI is InChI=1S/C8H7F/c9-7-6-8-4-2-1-3-5-8/h1-7H/b7-6+/i9-1. The summed E-state index contributed by atoms with van der Waals surface area (Å²) in [6, 6.07) is 9.33. The fourth-order valence-electron chi connectivity index (χ4n) is 0.637. The molecule has 0 radical (unpaired) electrons. The van der Waals surface area contributed by atoms with Gasteiger partial charge in [-0.25, -0.2) is 4.39 Å². The molecule has 0 saturated carbocycles. The van der Waals surface area contributed by atoms with Crippen molar-refractivity contribution in [1.82, 2.24) is 0 Å². The summed E-state index contributed by atoms with van der Waals surface area (Å²) in [5.74, 6) is 0. The van der Waals surface area contributed by atoms with E-state index < -0.39 is 0 Å². The maximum atomic E-state index is 11.5. The van der Waals surface area contributed by atoms with Crippen LogP contribution in [0.5, 0.6) is 0 Å². The highest BCUT2D eigenvalue weighted by Crippen LogP contribution is 1.99. The molecule has 0 amide bonds. The lowest BCUT2D eigenvalue weighted by atomic mass is 10.2. The molecule has 0 saturated heterocycles. The Kier molecular flexibility index (Phi) is 2.02. The molecule has 0 aliphatic heterocycles. The summed E-state index contributed by atoms with van der Waals surface area (Å²) in [5, 5.41) is 0. The molecule has 0 unspecified atom stereocenters. The molecule has 0 N–H and O–H groups in total. The van der Waals surface area contributed by atoms with Crippen LogP contribution in [0.2, 0.25) is 0 Å². The van der Waals surface area contributed by atoms with Crippen molar-refractivity contribution in [3.8, 4) is 0 Å². The monoisotopic (exact) mass is 121 g/mol. The lowest BCUT2D eigenvalue weighted by molar-refractivity contribution is 0.727. The second kappa shape index (κ2) is 3.02. The molecule has 0 fully saturated rings. The van der Waals surface area contributed by atoms with E-state index in [4.69, 9.17) is 0 Å². The molecule has 1 aromatic carbocycles. The fraction of sp³-hybridized carbons (Fsp3) is 0. The van der Waals surface area contributed by atoms with Gasteiger partial charge in [-0.2, -0.15) is 0 Å². The number of rotatable bonds is 1. The zero-order valence-electron chi connectivity index (χ0n) is 4.92. The molecule has 0 aromatic heterocycles. The predicted molar refractivity (Wildman–Crippen MR) is 36.6 cm³/mol. The van der Waals surface area contributed by atoms with Crippen molar-refractivity contribution in [2.45, 2.75) is 0 Å². The van der Waals surface area contributed by atoms with E-state index in [9.17, 15) is 4.39 Å². The van der Waals surface area contributed by atoms with Crippen molar-refractivity contribution in [3.05, 3.63) is 42.2 Å². The first-order valence-corrected chi connectivity index (χ1v) is 2.75. The van der Waals surface area contributed by atoms with Gasteiger partial charge in [0.15, 0.2) is 0 Å². The molecule has 0 heterocycles. The molecule has 1 rings (SSSR count). The minimum Gasteiger partial charge on any atom is -0.216 e. The lowest BCUT2D eigenvalue weighted by Crippen LogP contribution is -1.65. The van der Waals surface area contributed by atoms with Gasteiger partial charge < -0.3 is 0 Å². The van der Waals surface area contributed by atoms with E-state index in [0.717, 1.165) is 5.56 Å². The molecule has 0 nitrogen and oxygen atoms in total. The normalized spacial score (nSPS) is 10.3. The summed E-state index contributed by atoms with van der Waals surface area (Å²) in [6.45, 7) is 0. The highest BCUT2D eigenvalue weighted by molar-refractivity contribution is 5.47. The largest absolute Gasteiger partial charge is 0.216 e. The second-order valence-corrected chi connectivity index (χ2v) is 1.70. The van der Waals surface area contributed by atoms with Crippen LogP contribution >= 0.6 is 0 Å². The summed E-state index contributed by atoms with van der Waals surface area (Å²) in [5.41, 5.74) is 0.889. The Balaban J connectivity index is 2.85. The summed E-state index contributed by atoms with van der Waals surface area (Å²) < 4.78 is 11.5. The van der Waals surface area contributed by atoms with Gasteiger partial charge in [-0.3, -0.25) is 0 Å². The Bertz CT molecular complexity index is 189. The van der Waals surface area contributed by atoms with Crippen molar-refractivity contribution in [3.63, 3.8) is 0 Å². The van der Waals surface area contributed by atoms with Gasteiger partial charge in [0.05, 0.1) is 6.33 Å². The van der Waals surface area contributed by atoms with Crippen LogP contribution in [-0.2, 0) is 0 Å². The average molecular weight is 121 g/mol. The Morgan fingerprint density at radius 1 is 1.11 bits per heavy atom. The van der Waals surface area contributed by atoms with E-state index in [1.54, 1.807) is 0 Å². The zero-order chi connectivity index (χ0) is 6.53. The van der Waals surface area contributed by atoms with Crippen LogP contribution in [-0.4, -0.2) is 0 Å². The average Bonchev–Trinajstić information content (AvgIpc) is 1.91. The molecule has 0 spiro atoms. The Morgan fingerprint density at radius 2 is 1.78 bits per heavy atom. The van der Waals surface area contributed by atoms with Crippen LogP contribution in [0, 0.1) is 0 Å². The SMILES string of the molecule is [18F]/C=C/c1ccccc1. The van der Waals surface area contributed by atoms with E-state index >= 15 is 0 Å². The van der Waals surface area contributed by atoms with Crippen LogP contribution in [0.3, 0.4) is 0 Å². The summed E-state index contributed by atoms with van der Waals surface area (Å²) in [7, 11) is 0. The van der Waals surface area contributed by atoms with Gasteiger partial charge in [0, 0.05) is 0 Å². The minimum absolute atomic E-state index is 0.537. The molecule has 46 valence electrons. The molecule has 1 aromatic rings. The summed E-state index contributed by atoms with van der Waals surface area (Å²) >= 11 is 0. The molecular formula is C8H7F. The molecule has 0 aliphatic carbocycles.